The SMILES string of the molecule is [2H]c1c([2H])c([2H])c2c(c1[2H])c1c([2H])c([2H])c([2H])c([2H])c1n2-c1ccc2c(c1)N(c1c(-c3ccccc3)cc(C(C)(C)C)cc1-c1cccc(-c3ccccc3)c1)c1cc(-c3ccccc3)cc3c1B2c1ccc(-n2c4c([2H])c([2H])c([2H])c([2H])c4c4c([2H])c([2H])c([2H])c([2H])c42)cc1N3c1c(-c2ccccc2)cc(C(C)(C)C)cc1-c1cccc(-c2ccccc2)c1. The van der Waals surface area contributed by atoms with Gasteiger partial charge in [0, 0.05) is 77.9 Å². The van der Waals surface area contributed by atoms with Gasteiger partial charge in [0.05, 0.1) is 55.4 Å². The molecule has 0 unspecified atom stereocenters. The van der Waals surface area contributed by atoms with Crippen LogP contribution < -0.4 is 26.2 Å². The second-order valence-electron chi connectivity index (χ2n) is 30.4. The van der Waals surface area contributed by atoms with E-state index in [-0.39, 0.29) is 43.6 Å². The quantitative estimate of drug-likeness (QED) is 0.120. The van der Waals surface area contributed by atoms with Crippen molar-refractivity contribution in [1.29, 1.82) is 0 Å². The minimum atomic E-state index is -0.816. The number of hydrogen-bond donors (Lipinski definition) is 0. The van der Waals surface area contributed by atoms with Gasteiger partial charge >= 0.3 is 0 Å². The Morgan fingerprint density at radius 3 is 0.890 bits per heavy atom. The fourth-order valence-corrected chi connectivity index (χ4v) is 16.6. The van der Waals surface area contributed by atoms with Crippen LogP contribution in [0.5, 0.6) is 0 Å². The van der Waals surface area contributed by atoms with Crippen molar-refractivity contribution in [2.45, 2.75) is 52.4 Å². The lowest BCUT2D eigenvalue weighted by atomic mass is 9.33. The molecular formula is C104H79BN4. The predicted molar refractivity (Wildman–Crippen MR) is 465 cm³/mol. The Labute approximate surface area is 660 Å². The number of fused-ring (bicyclic) bond motifs is 10. The van der Waals surface area contributed by atoms with E-state index in [1.807, 2.05) is 127 Å². The Hall–Kier alpha value is -13.2. The van der Waals surface area contributed by atoms with Gasteiger partial charge in [0.2, 0.25) is 0 Å². The van der Waals surface area contributed by atoms with Gasteiger partial charge in [0.25, 0.3) is 6.71 Å². The summed E-state index contributed by atoms with van der Waals surface area (Å²) in [6.07, 6.45) is 0. The molecule has 0 bridgehead atoms. The zero-order chi connectivity index (χ0) is 87.2. The molecule has 0 amide bonds. The van der Waals surface area contributed by atoms with Gasteiger partial charge in [-0.3, -0.25) is 0 Å². The van der Waals surface area contributed by atoms with Crippen molar-refractivity contribution in [2.24, 2.45) is 0 Å². The molecule has 109 heavy (non-hydrogen) atoms. The van der Waals surface area contributed by atoms with Gasteiger partial charge < -0.3 is 18.9 Å². The molecule has 2 aromatic heterocycles. The first-order valence-corrected chi connectivity index (χ1v) is 36.9. The fraction of sp³-hybridized carbons (Fsp3) is 0.0769. The molecule has 0 fully saturated rings. The van der Waals surface area contributed by atoms with E-state index in [4.69, 9.17) is 0 Å². The topological polar surface area (TPSA) is 16.3 Å². The maximum absolute atomic E-state index is 9.98. The minimum Gasteiger partial charge on any atom is -0.310 e. The highest BCUT2D eigenvalue weighted by atomic mass is 15.2. The van der Waals surface area contributed by atoms with Crippen molar-refractivity contribution in [3.05, 3.63) is 381 Å². The average Bonchev–Trinajstić information content (AvgIpc) is 1.33. The van der Waals surface area contributed by atoms with E-state index in [2.05, 4.69) is 197 Å². The number of rotatable bonds is 11. The lowest BCUT2D eigenvalue weighted by Crippen LogP contribution is -2.61. The summed E-state index contributed by atoms with van der Waals surface area (Å²) in [5, 5.41) is -0.323. The number of anilines is 6. The highest BCUT2D eigenvalue weighted by molar-refractivity contribution is 7.00. The summed E-state index contributed by atoms with van der Waals surface area (Å²) in [5.74, 6) is 0. The molecule has 0 spiro atoms. The van der Waals surface area contributed by atoms with Gasteiger partial charge in [0.15, 0.2) is 0 Å². The molecule has 0 saturated carbocycles. The van der Waals surface area contributed by atoms with Crippen LogP contribution in [0.2, 0.25) is 0 Å². The third-order valence-electron chi connectivity index (χ3n) is 21.9. The van der Waals surface area contributed by atoms with Gasteiger partial charge in [-0.05, 0) is 191 Å². The van der Waals surface area contributed by atoms with Crippen molar-refractivity contribution in [1.82, 2.24) is 9.13 Å². The Morgan fingerprint density at radius 1 is 0.257 bits per heavy atom. The molecule has 0 N–H and O–H groups in total. The second-order valence-corrected chi connectivity index (χ2v) is 30.4. The minimum absolute atomic E-state index is 0.0601. The van der Waals surface area contributed by atoms with Gasteiger partial charge in [-0.1, -0.05) is 314 Å². The van der Waals surface area contributed by atoms with E-state index >= 15 is 0 Å². The van der Waals surface area contributed by atoms with Crippen LogP contribution in [0.15, 0.2) is 370 Å². The van der Waals surface area contributed by atoms with Crippen molar-refractivity contribution < 1.29 is 21.9 Å². The molecule has 0 radical (unpaired) electrons. The van der Waals surface area contributed by atoms with Crippen molar-refractivity contribution in [2.75, 3.05) is 9.80 Å². The summed E-state index contributed by atoms with van der Waals surface area (Å²) in [5.41, 5.74) is 20.2. The molecule has 18 aromatic rings. The zero-order valence-electron chi connectivity index (χ0n) is 76.8. The van der Waals surface area contributed by atoms with Crippen LogP contribution in [0.3, 0.4) is 0 Å². The predicted octanol–water partition coefficient (Wildman–Crippen LogP) is 26.2. The molecule has 4 heterocycles. The summed E-state index contributed by atoms with van der Waals surface area (Å²) >= 11 is 0. The Kier molecular flexibility index (Phi) is 11.9. The number of hydrogen-bond acceptors (Lipinski definition) is 2. The van der Waals surface area contributed by atoms with E-state index in [1.165, 1.54) is 0 Å². The van der Waals surface area contributed by atoms with Gasteiger partial charge in [-0.15, -0.1) is 0 Å². The molecule has 0 atom stereocenters. The Balaban J connectivity index is 1.02. The molecule has 0 saturated heterocycles. The molecule has 2 aliphatic heterocycles. The summed E-state index contributed by atoms with van der Waals surface area (Å²) in [6, 6.07) is 85.7. The van der Waals surface area contributed by atoms with Crippen LogP contribution in [0.25, 0.3) is 133 Å². The molecule has 2 aliphatic rings. The van der Waals surface area contributed by atoms with Gasteiger partial charge in [0.1, 0.15) is 0 Å². The third-order valence-corrected chi connectivity index (χ3v) is 21.9. The van der Waals surface area contributed by atoms with Crippen molar-refractivity contribution in [3.8, 4) is 89.3 Å². The fourth-order valence-electron chi connectivity index (χ4n) is 16.6. The third kappa shape index (κ3) is 11.0. The van der Waals surface area contributed by atoms with E-state index in [9.17, 15) is 21.9 Å². The molecule has 5 heteroatoms. The monoisotopic (exact) mass is 1410 g/mol. The molecule has 0 aliphatic carbocycles. The van der Waals surface area contributed by atoms with Crippen LogP contribution in [0.1, 0.15) is 74.6 Å². The largest absolute Gasteiger partial charge is 0.310 e. The smallest absolute Gasteiger partial charge is 0.252 e. The highest BCUT2D eigenvalue weighted by Crippen LogP contribution is 2.56. The zero-order valence-corrected chi connectivity index (χ0v) is 60.8. The first kappa shape index (κ1) is 50.3. The van der Waals surface area contributed by atoms with Crippen LogP contribution in [0, 0.1) is 0 Å². The summed E-state index contributed by atoms with van der Waals surface area (Å²) in [4.78, 5) is 4.69. The van der Waals surface area contributed by atoms with Crippen LogP contribution >= 0.6 is 0 Å². The summed E-state index contributed by atoms with van der Waals surface area (Å²) in [7, 11) is 0. The molecule has 16 aromatic carbocycles. The maximum atomic E-state index is 9.98. The molecular weight excluding hydrogens is 1320 g/mol. The van der Waals surface area contributed by atoms with E-state index in [1.54, 1.807) is 9.13 Å². The van der Waals surface area contributed by atoms with Crippen molar-refractivity contribution in [3.63, 3.8) is 0 Å². The lowest BCUT2D eigenvalue weighted by molar-refractivity contribution is 0.590. The molecule has 518 valence electrons. The number of aromatic nitrogens is 2. The second kappa shape index (κ2) is 25.8. The standard InChI is InChI=1S/C104H79BN4/c1-103(2,3)78-62-86(71-38-18-10-19-39-71)101(88(64-78)75-44-30-42-73(58-75)68-32-12-7-13-33-68)108-96-66-80(106-92-50-26-22-46-82(92)83-47-23-27-51-93(83)106)54-56-90(96)105-91-57-55-81(107-94-52-28-24-48-84(94)85-49-25-29-53-95(85)107)67-97(91)109(99-61-77(60-98(108)100(99)105)70-36-16-9-17-37-70)102-87(72-40-20-11-21-41-72)63-79(104(4,5)6)65-89(102)76-45-31-43-74(59-76)69-34-14-8-15-35-69/h7-67H,1-6H3/i22D,23D,24D,25D,26D,27D,28D,29D,46D,47D,48D,49D,50D,51D,52D,53D. The Morgan fingerprint density at radius 2 is 0.550 bits per heavy atom. The maximum Gasteiger partial charge on any atom is 0.252 e. The molecule has 20 rings (SSSR count). The molecule has 4 nitrogen and oxygen atoms in total. The highest BCUT2D eigenvalue weighted by Gasteiger charge is 2.46. The number of para-hydroxylation sites is 4. The number of benzene rings is 16. The van der Waals surface area contributed by atoms with E-state index in [0.717, 1.165) is 117 Å². The van der Waals surface area contributed by atoms with Gasteiger partial charge in [-0.25, -0.2) is 0 Å². The van der Waals surface area contributed by atoms with Crippen LogP contribution in [-0.4, -0.2) is 15.8 Å². The average molecular weight is 1410 g/mol. The first-order valence-electron chi connectivity index (χ1n) is 44.9. The van der Waals surface area contributed by atoms with Gasteiger partial charge in [-0.2, -0.15) is 0 Å². The summed E-state index contributed by atoms with van der Waals surface area (Å²) in [6.45, 7) is 12.4. The van der Waals surface area contributed by atoms with Crippen LogP contribution in [0.4, 0.5) is 34.1 Å². The van der Waals surface area contributed by atoms with E-state index < -0.39 is 114 Å². The van der Waals surface area contributed by atoms with E-state index in [0.29, 0.717) is 34.1 Å². The first-order chi connectivity index (χ1) is 60.0. The lowest BCUT2D eigenvalue weighted by Gasteiger charge is -2.46. The Bertz CT molecular complexity index is 7050. The van der Waals surface area contributed by atoms with Crippen LogP contribution in [-0.2, 0) is 10.8 Å². The van der Waals surface area contributed by atoms with Crippen molar-refractivity contribution >= 4 is 101 Å². The summed E-state index contributed by atoms with van der Waals surface area (Å²) < 4.78 is 156. The number of nitrogens with zero attached hydrogens (tertiary/aromatic N) is 4. The normalized spacial score (nSPS) is 14.7.